The van der Waals surface area contributed by atoms with E-state index in [1.165, 1.54) is 4.90 Å². The lowest BCUT2D eigenvalue weighted by molar-refractivity contribution is -0.383. The zero-order valence-electron chi connectivity index (χ0n) is 12.2. The van der Waals surface area contributed by atoms with Gasteiger partial charge in [-0.2, -0.15) is 10.5 Å². The summed E-state index contributed by atoms with van der Waals surface area (Å²) in [6.07, 6.45) is 1.14. The summed E-state index contributed by atoms with van der Waals surface area (Å²) in [6.45, 7) is -0.413. The molecule has 2 rings (SSSR count). The normalized spacial score (nSPS) is 9.62. The van der Waals surface area contributed by atoms with Crippen LogP contribution in [0.3, 0.4) is 0 Å². The van der Waals surface area contributed by atoms with Crippen molar-refractivity contribution in [3.05, 3.63) is 45.2 Å². The van der Waals surface area contributed by atoms with Crippen LogP contribution in [0, 0.1) is 32.8 Å². The van der Waals surface area contributed by atoms with E-state index in [1.807, 2.05) is 18.2 Å². The molecule has 0 bridgehead atoms. The molecule has 1 heterocycles. The minimum absolute atomic E-state index is 0.0241. The number of hydrogen-bond donors (Lipinski definition) is 1. The first-order valence-electron chi connectivity index (χ1n) is 6.57. The molecule has 10 heteroatoms. The van der Waals surface area contributed by atoms with E-state index in [9.17, 15) is 10.1 Å². The first-order valence-corrected chi connectivity index (χ1v) is 7.37. The van der Waals surface area contributed by atoms with E-state index >= 15 is 0 Å². The fraction of sp³-hybridized carbons (Fsp3) is 0.143. The third-order valence-electron chi connectivity index (χ3n) is 2.90. The van der Waals surface area contributed by atoms with Crippen molar-refractivity contribution < 1.29 is 4.92 Å². The molecule has 0 unspecified atom stereocenters. The van der Waals surface area contributed by atoms with Crippen molar-refractivity contribution in [3.63, 3.8) is 0 Å². The van der Waals surface area contributed by atoms with Crippen LogP contribution in [0.1, 0.15) is 0 Å². The number of aromatic nitrogens is 2. The fourth-order valence-corrected chi connectivity index (χ4v) is 2.34. The molecule has 0 spiro atoms. The molecule has 0 atom stereocenters. The number of rotatable bonds is 6. The quantitative estimate of drug-likeness (QED) is 0.454. The van der Waals surface area contributed by atoms with Crippen LogP contribution < -0.4 is 10.2 Å². The number of nitrogens with one attached hydrogen (secondary N) is 1. The molecule has 0 saturated heterocycles. The number of nitrogens with zero attached hydrogens (tertiary/aromatic N) is 6. The summed E-state index contributed by atoms with van der Waals surface area (Å²) in [5.41, 5.74) is 0.187. The molecule has 9 nitrogen and oxygen atoms in total. The molecule has 1 aromatic carbocycles. The van der Waals surface area contributed by atoms with Gasteiger partial charge in [0.1, 0.15) is 19.4 Å². The average molecular weight is 388 g/mol. The van der Waals surface area contributed by atoms with Crippen LogP contribution in [-0.2, 0) is 0 Å². The van der Waals surface area contributed by atoms with Gasteiger partial charge in [-0.3, -0.25) is 10.1 Å². The van der Waals surface area contributed by atoms with E-state index < -0.39 is 10.6 Å². The number of anilines is 3. The van der Waals surface area contributed by atoms with Crippen molar-refractivity contribution in [3.8, 4) is 12.1 Å². The van der Waals surface area contributed by atoms with E-state index in [2.05, 4.69) is 31.2 Å². The van der Waals surface area contributed by atoms with Gasteiger partial charge in [0.25, 0.3) is 0 Å². The Morgan fingerprint density at radius 1 is 1.29 bits per heavy atom. The van der Waals surface area contributed by atoms with Gasteiger partial charge in [-0.25, -0.2) is 9.97 Å². The van der Waals surface area contributed by atoms with Crippen molar-refractivity contribution in [2.75, 3.05) is 23.3 Å². The zero-order valence-corrected chi connectivity index (χ0v) is 13.8. The van der Waals surface area contributed by atoms with Crippen LogP contribution >= 0.6 is 15.9 Å². The van der Waals surface area contributed by atoms with Crippen molar-refractivity contribution in [1.82, 2.24) is 9.97 Å². The summed E-state index contributed by atoms with van der Waals surface area (Å²) in [5.74, 6) is -0.112. The number of benzene rings is 1. The maximum Gasteiger partial charge on any atom is 0.353 e. The van der Waals surface area contributed by atoms with Crippen LogP contribution in [-0.4, -0.2) is 28.0 Å². The van der Waals surface area contributed by atoms with Crippen LogP contribution in [0.15, 0.2) is 35.1 Å². The number of halogens is 1. The summed E-state index contributed by atoms with van der Waals surface area (Å²) in [7, 11) is 0. The van der Waals surface area contributed by atoms with Crippen LogP contribution in [0.2, 0.25) is 0 Å². The summed E-state index contributed by atoms with van der Waals surface area (Å²) >= 11 is 3.31. The molecule has 0 radical (unpaired) electrons. The smallest absolute Gasteiger partial charge is 0.334 e. The fourth-order valence-electron chi connectivity index (χ4n) is 1.94. The van der Waals surface area contributed by atoms with Crippen LogP contribution in [0.25, 0.3) is 0 Å². The molecule has 0 fully saturated rings. The van der Waals surface area contributed by atoms with Gasteiger partial charge >= 0.3 is 5.69 Å². The van der Waals surface area contributed by atoms with Gasteiger partial charge in [0.15, 0.2) is 0 Å². The van der Waals surface area contributed by atoms with Gasteiger partial charge in [0, 0.05) is 10.2 Å². The summed E-state index contributed by atoms with van der Waals surface area (Å²) < 4.78 is 0.792. The predicted molar refractivity (Wildman–Crippen MR) is 89.6 cm³/mol. The first kappa shape index (κ1) is 17.1. The van der Waals surface area contributed by atoms with Crippen LogP contribution in [0.4, 0.5) is 23.0 Å². The Morgan fingerprint density at radius 2 is 2.00 bits per heavy atom. The maximum atomic E-state index is 11.5. The summed E-state index contributed by atoms with van der Waals surface area (Å²) in [6, 6.07) is 10.7. The zero-order chi connectivity index (χ0) is 17.5. The van der Waals surface area contributed by atoms with Gasteiger partial charge < -0.3 is 10.2 Å². The monoisotopic (exact) mass is 387 g/mol. The number of nitro groups is 1. The topological polar surface area (TPSA) is 132 Å². The lowest BCUT2D eigenvalue weighted by Crippen LogP contribution is -2.26. The van der Waals surface area contributed by atoms with Crippen LogP contribution in [0.5, 0.6) is 0 Å². The van der Waals surface area contributed by atoms with Crippen molar-refractivity contribution >= 4 is 38.9 Å². The van der Waals surface area contributed by atoms with Gasteiger partial charge in [-0.1, -0.05) is 22.0 Å². The maximum absolute atomic E-state index is 11.5. The van der Waals surface area contributed by atoms with Gasteiger partial charge in [0.2, 0.25) is 11.6 Å². The highest BCUT2D eigenvalue weighted by molar-refractivity contribution is 9.10. The molecule has 0 aliphatic rings. The molecule has 1 aromatic heterocycles. The molecule has 0 saturated carbocycles. The number of nitriles is 2. The standard InChI is InChI=1S/C14H10BrN7O2/c15-10-2-1-3-11(8-10)20-13-12(22(23)24)14(19-9-18-13)21(6-4-16)7-5-17/h1-3,8-9H,6-7H2,(H,18,19,20). The molecule has 24 heavy (non-hydrogen) atoms. The van der Waals surface area contributed by atoms with Crippen molar-refractivity contribution in [2.24, 2.45) is 0 Å². The van der Waals surface area contributed by atoms with Gasteiger partial charge in [-0.05, 0) is 18.2 Å². The molecule has 2 aromatic rings. The minimum Gasteiger partial charge on any atom is -0.334 e. The third kappa shape index (κ3) is 3.94. The number of hydrogen-bond acceptors (Lipinski definition) is 8. The molecule has 0 aliphatic heterocycles. The average Bonchev–Trinajstić information content (AvgIpc) is 2.54. The summed E-state index contributed by atoms with van der Waals surface area (Å²) in [5, 5.41) is 32.1. The van der Waals surface area contributed by atoms with E-state index in [-0.39, 0.29) is 24.7 Å². The Balaban J connectivity index is 2.49. The third-order valence-corrected chi connectivity index (χ3v) is 3.39. The van der Waals surface area contributed by atoms with Gasteiger partial charge in [-0.15, -0.1) is 0 Å². The molecule has 0 amide bonds. The Morgan fingerprint density at radius 3 is 2.58 bits per heavy atom. The second kappa shape index (κ2) is 7.85. The second-order valence-electron chi connectivity index (χ2n) is 4.46. The van der Waals surface area contributed by atoms with Crippen molar-refractivity contribution in [1.29, 1.82) is 10.5 Å². The lowest BCUT2D eigenvalue weighted by atomic mass is 10.3. The Kier molecular flexibility index (Phi) is 5.60. The minimum atomic E-state index is -0.641. The highest BCUT2D eigenvalue weighted by Crippen LogP contribution is 2.33. The van der Waals surface area contributed by atoms with E-state index in [0.29, 0.717) is 5.69 Å². The largest absolute Gasteiger partial charge is 0.353 e. The van der Waals surface area contributed by atoms with Crippen molar-refractivity contribution in [2.45, 2.75) is 0 Å². The molecule has 120 valence electrons. The highest BCUT2D eigenvalue weighted by atomic mass is 79.9. The predicted octanol–water partition coefficient (Wildman–Crippen LogP) is 2.74. The second-order valence-corrected chi connectivity index (χ2v) is 5.37. The Labute approximate surface area is 145 Å². The van der Waals surface area contributed by atoms with E-state index in [1.54, 1.807) is 18.2 Å². The Hall–Kier alpha value is -3.24. The SMILES string of the molecule is N#CCN(CC#N)c1ncnc(Nc2cccc(Br)c2)c1[N+](=O)[O-]. The lowest BCUT2D eigenvalue weighted by Gasteiger charge is -2.17. The summed E-state index contributed by atoms with van der Waals surface area (Å²) in [4.78, 5) is 19.9. The van der Waals surface area contributed by atoms with Gasteiger partial charge in [0.05, 0.1) is 17.1 Å². The highest BCUT2D eigenvalue weighted by Gasteiger charge is 2.27. The molecule has 1 N–H and O–H groups in total. The first-order chi connectivity index (χ1) is 11.6. The molecular formula is C14H10BrN7O2. The molecule has 0 aliphatic carbocycles. The molecular weight excluding hydrogens is 378 g/mol. The Bertz CT molecular complexity index is 828. The van der Waals surface area contributed by atoms with E-state index in [0.717, 1.165) is 10.8 Å². The van der Waals surface area contributed by atoms with E-state index in [4.69, 9.17) is 10.5 Å².